The van der Waals surface area contributed by atoms with Gasteiger partial charge < -0.3 is 9.64 Å². The molecule has 8 heteroatoms. The summed E-state index contributed by atoms with van der Waals surface area (Å²) in [4.78, 5) is 25.5. The average Bonchev–Trinajstić information content (AvgIpc) is 2.50. The standard InChI is InChI=1S/C17H26N2O5S/c1-12(2)19(13(3)4)16(20)11-24-17(21)10-18-25(22,23)15-8-6-14(5)7-9-15/h6-9,12-13,18H,10-11H2,1-5H3. The largest absolute Gasteiger partial charge is 0.455 e. The Morgan fingerprint density at radius 3 is 2.08 bits per heavy atom. The first-order chi connectivity index (χ1) is 11.5. The minimum atomic E-state index is -3.80. The van der Waals surface area contributed by atoms with Gasteiger partial charge in [0.2, 0.25) is 10.0 Å². The second-order valence-electron chi connectivity index (χ2n) is 6.29. The fourth-order valence-electron chi connectivity index (χ4n) is 2.39. The molecule has 0 aliphatic carbocycles. The van der Waals surface area contributed by atoms with Crippen LogP contribution in [0, 0.1) is 6.92 Å². The summed E-state index contributed by atoms with van der Waals surface area (Å²) in [5.41, 5.74) is 0.928. The summed E-state index contributed by atoms with van der Waals surface area (Å²) in [5.74, 6) is -1.13. The number of nitrogens with one attached hydrogen (secondary N) is 1. The van der Waals surface area contributed by atoms with Crippen molar-refractivity contribution in [3.05, 3.63) is 29.8 Å². The molecule has 1 N–H and O–H groups in total. The Morgan fingerprint density at radius 1 is 1.08 bits per heavy atom. The topological polar surface area (TPSA) is 92.8 Å². The van der Waals surface area contributed by atoms with Crippen LogP contribution in [-0.2, 0) is 24.3 Å². The van der Waals surface area contributed by atoms with Crippen LogP contribution >= 0.6 is 0 Å². The molecule has 0 aliphatic heterocycles. The molecule has 7 nitrogen and oxygen atoms in total. The van der Waals surface area contributed by atoms with Gasteiger partial charge in [-0.15, -0.1) is 0 Å². The highest BCUT2D eigenvalue weighted by Crippen LogP contribution is 2.09. The monoisotopic (exact) mass is 370 g/mol. The zero-order valence-electron chi connectivity index (χ0n) is 15.3. The van der Waals surface area contributed by atoms with Gasteiger partial charge in [0.25, 0.3) is 5.91 Å². The molecule has 0 aromatic heterocycles. The number of ether oxygens (including phenoxy) is 1. The van der Waals surface area contributed by atoms with Crippen LogP contribution in [0.2, 0.25) is 0 Å². The van der Waals surface area contributed by atoms with Gasteiger partial charge in [-0.1, -0.05) is 17.7 Å². The Kier molecular flexibility index (Phi) is 7.57. The molecular weight excluding hydrogens is 344 g/mol. The summed E-state index contributed by atoms with van der Waals surface area (Å²) >= 11 is 0. The fraction of sp³-hybridized carbons (Fsp3) is 0.529. The van der Waals surface area contributed by atoms with E-state index in [-0.39, 0.29) is 22.9 Å². The van der Waals surface area contributed by atoms with Gasteiger partial charge in [0.15, 0.2) is 6.61 Å². The van der Waals surface area contributed by atoms with Gasteiger partial charge >= 0.3 is 5.97 Å². The van der Waals surface area contributed by atoms with Crippen LogP contribution in [0.1, 0.15) is 33.3 Å². The molecule has 25 heavy (non-hydrogen) atoms. The van der Waals surface area contributed by atoms with Crippen LogP contribution in [0.5, 0.6) is 0 Å². The van der Waals surface area contributed by atoms with Gasteiger partial charge in [0.1, 0.15) is 6.54 Å². The lowest BCUT2D eigenvalue weighted by atomic mass is 10.2. The molecule has 140 valence electrons. The molecule has 0 saturated heterocycles. The SMILES string of the molecule is Cc1ccc(S(=O)(=O)NCC(=O)OCC(=O)N(C(C)C)C(C)C)cc1. The highest BCUT2D eigenvalue weighted by atomic mass is 32.2. The number of sulfonamides is 1. The minimum Gasteiger partial charge on any atom is -0.455 e. The van der Waals surface area contributed by atoms with E-state index in [1.165, 1.54) is 12.1 Å². The molecule has 1 aromatic rings. The van der Waals surface area contributed by atoms with Crippen molar-refractivity contribution in [3.63, 3.8) is 0 Å². The molecule has 1 rings (SSSR count). The maximum absolute atomic E-state index is 12.1. The lowest BCUT2D eigenvalue weighted by molar-refractivity contribution is -0.152. The van der Waals surface area contributed by atoms with Gasteiger partial charge in [-0.05, 0) is 46.8 Å². The van der Waals surface area contributed by atoms with Crippen molar-refractivity contribution in [2.75, 3.05) is 13.2 Å². The Morgan fingerprint density at radius 2 is 1.60 bits per heavy atom. The van der Waals surface area contributed by atoms with Gasteiger partial charge in [-0.3, -0.25) is 9.59 Å². The third-order valence-electron chi connectivity index (χ3n) is 3.50. The lowest BCUT2D eigenvalue weighted by Crippen LogP contribution is -2.44. The summed E-state index contributed by atoms with van der Waals surface area (Å²) in [7, 11) is -3.80. The van der Waals surface area contributed by atoms with Gasteiger partial charge in [0.05, 0.1) is 4.90 Å². The maximum Gasteiger partial charge on any atom is 0.321 e. The number of esters is 1. The van der Waals surface area contributed by atoms with E-state index < -0.39 is 29.1 Å². The number of aryl methyl sites for hydroxylation is 1. The van der Waals surface area contributed by atoms with Crippen molar-refractivity contribution >= 4 is 21.9 Å². The first kappa shape index (κ1) is 21.1. The molecule has 0 unspecified atom stereocenters. The van der Waals surface area contributed by atoms with E-state index in [0.29, 0.717) is 0 Å². The molecule has 0 saturated carbocycles. The number of amides is 1. The summed E-state index contributed by atoms with van der Waals surface area (Å²) in [6.07, 6.45) is 0. The fourth-order valence-corrected chi connectivity index (χ4v) is 3.36. The van der Waals surface area contributed by atoms with Gasteiger partial charge in [0, 0.05) is 12.1 Å². The summed E-state index contributed by atoms with van der Waals surface area (Å²) < 4.78 is 31.2. The van der Waals surface area contributed by atoms with Crippen LogP contribution in [0.25, 0.3) is 0 Å². The highest BCUT2D eigenvalue weighted by molar-refractivity contribution is 7.89. The predicted molar refractivity (Wildman–Crippen MR) is 94.4 cm³/mol. The van der Waals surface area contributed by atoms with E-state index in [2.05, 4.69) is 4.72 Å². The molecule has 0 fully saturated rings. The summed E-state index contributed by atoms with van der Waals surface area (Å²) in [5, 5.41) is 0. The normalized spacial score (nSPS) is 11.6. The number of carbonyl (C=O) groups excluding carboxylic acids is 2. The number of hydrogen-bond acceptors (Lipinski definition) is 5. The van der Waals surface area contributed by atoms with Crippen LogP contribution in [-0.4, -0.2) is 50.4 Å². The van der Waals surface area contributed by atoms with Crippen LogP contribution in [0.4, 0.5) is 0 Å². The molecule has 0 radical (unpaired) electrons. The van der Waals surface area contributed by atoms with E-state index in [1.807, 2.05) is 34.6 Å². The molecule has 1 amide bonds. The number of nitrogens with zero attached hydrogens (tertiary/aromatic N) is 1. The third kappa shape index (κ3) is 6.47. The molecule has 0 bridgehead atoms. The van der Waals surface area contributed by atoms with Gasteiger partial charge in [-0.2, -0.15) is 4.72 Å². The van der Waals surface area contributed by atoms with Crippen molar-refractivity contribution < 1.29 is 22.7 Å². The Hall–Kier alpha value is -1.93. The second kappa shape index (κ2) is 8.96. The van der Waals surface area contributed by atoms with Crippen molar-refractivity contribution in [3.8, 4) is 0 Å². The van der Waals surface area contributed by atoms with Crippen LogP contribution in [0.3, 0.4) is 0 Å². The summed E-state index contributed by atoms with van der Waals surface area (Å²) in [6.45, 7) is 8.37. The number of carbonyl (C=O) groups is 2. The zero-order valence-corrected chi connectivity index (χ0v) is 16.1. The van der Waals surface area contributed by atoms with E-state index in [4.69, 9.17) is 4.74 Å². The van der Waals surface area contributed by atoms with Crippen molar-refractivity contribution in [2.24, 2.45) is 0 Å². The molecule has 1 aromatic carbocycles. The van der Waals surface area contributed by atoms with Crippen molar-refractivity contribution in [1.29, 1.82) is 0 Å². The van der Waals surface area contributed by atoms with Crippen LogP contribution < -0.4 is 4.72 Å². The number of rotatable bonds is 8. The predicted octanol–water partition coefficient (Wildman–Crippen LogP) is 1.46. The first-order valence-corrected chi connectivity index (χ1v) is 9.56. The quantitative estimate of drug-likeness (QED) is 0.700. The van der Waals surface area contributed by atoms with E-state index in [1.54, 1.807) is 17.0 Å². The Balaban J connectivity index is 2.54. The second-order valence-corrected chi connectivity index (χ2v) is 8.05. The number of hydrogen-bond donors (Lipinski definition) is 1. The van der Waals surface area contributed by atoms with E-state index in [9.17, 15) is 18.0 Å². The van der Waals surface area contributed by atoms with Crippen molar-refractivity contribution in [2.45, 2.75) is 51.6 Å². The van der Waals surface area contributed by atoms with E-state index >= 15 is 0 Å². The summed E-state index contributed by atoms with van der Waals surface area (Å²) in [6, 6.07) is 6.19. The zero-order chi connectivity index (χ0) is 19.2. The van der Waals surface area contributed by atoms with Crippen molar-refractivity contribution in [1.82, 2.24) is 9.62 Å². The minimum absolute atomic E-state index is 0.0220. The lowest BCUT2D eigenvalue weighted by Gasteiger charge is -2.30. The smallest absolute Gasteiger partial charge is 0.321 e. The first-order valence-electron chi connectivity index (χ1n) is 8.07. The highest BCUT2D eigenvalue weighted by Gasteiger charge is 2.22. The molecule has 0 aliphatic rings. The van der Waals surface area contributed by atoms with Gasteiger partial charge in [-0.25, -0.2) is 8.42 Å². The average molecular weight is 370 g/mol. The molecular formula is C17H26N2O5S. The van der Waals surface area contributed by atoms with Crippen LogP contribution in [0.15, 0.2) is 29.2 Å². The van der Waals surface area contributed by atoms with E-state index in [0.717, 1.165) is 5.56 Å². The number of benzene rings is 1. The maximum atomic E-state index is 12.1. The molecule has 0 heterocycles. The molecule has 0 spiro atoms. The Bertz CT molecular complexity index is 688. The third-order valence-corrected chi connectivity index (χ3v) is 4.91. The Labute approximate surface area is 149 Å². The molecule has 0 atom stereocenters.